The van der Waals surface area contributed by atoms with Crippen LogP contribution in [0.4, 0.5) is 4.39 Å². The number of rotatable bonds is 1. The molecule has 0 amide bonds. The molecule has 0 radical (unpaired) electrons. The van der Waals surface area contributed by atoms with Gasteiger partial charge < -0.3 is 4.98 Å². The van der Waals surface area contributed by atoms with Gasteiger partial charge >= 0.3 is 0 Å². The molecule has 0 aliphatic rings. The molecule has 0 aliphatic heterocycles. The Morgan fingerprint density at radius 1 is 1.05 bits per heavy atom. The number of imidazole rings is 1. The molecule has 1 aromatic heterocycles. The summed E-state index contributed by atoms with van der Waals surface area (Å²) in [6, 6.07) is 10.5. The van der Waals surface area contributed by atoms with Crippen molar-refractivity contribution in [3.8, 4) is 5.69 Å². The Hall–Kier alpha value is -0.980. The van der Waals surface area contributed by atoms with E-state index >= 15 is 0 Å². The van der Waals surface area contributed by atoms with Crippen LogP contribution in [0.2, 0.25) is 0 Å². The molecule has 1 N–H and O–H groups in total. The fourth-order valence-corrected chi connectivity index (χ4v) is 3.00. The van der Waals surface area contributed by atoms with Crippen molar-refractivity contribution in [2.45, 2.75) is 0 Å². The number of fused-ring (bicyclic) bond motifs is 1. The van der Waals surface area contributed by atoms with Crippen LogP contribution in [0.25, 0.3) is 16.7 Å². The molecule has 2 aromatic carbocycles. The maximum atomic E-state index is 14.0. The lowest BCUT2D eigenvalue weighted by Crippen LogP contribution is -1.97. The van der Waals surface area contributed by atoms with Gasteiger partial charge in [0.25, 0.3) is 0 Å². The molecule has 0 fully saturated rings. The topological polar surface area (TPSA) is 20.7 Å². The molecule has 96 valence electrons. The number of halogens is 3. The summed E-state index contributed by atoms with van der Waals surface area (Å²) in [6.45, 7) is 0. The van der Waals surface area contributed by atoms with Gasteiger partial charge in [-0.1, -0.05) is 31.9 Å². The Kier molecular flexibility index (Phi) is 3.32. The second-order valence-corrected chi connectivity index (χ2v) is 6.24. The van der Waals surface area contributed by atoms with Gasteiger partial charge in [0, 0.05) is 8.95 Å². The van der Waals surface area contributed by atoms with Crippen molar-refractivity contribution >= 4 is 55.1 Å². The number of benzene rings is 2. The van der Waals surface area contributed by atoms with Crippen molar-refractivity contribution in [3.63, 3.8) is 0 Å². The summed E-state index contributed by atoms with van der Waals surface area (Å²) in [6.07, 6.45) is 0. The summed E-state index contributed by atoms with van der Waals surface area (Å²) in [4.78, 5) is 3.08. The summed E-state index contributed by atoms with van der Waals surface area (Å²) in [5.41, 5.74) is 2.12. The number of hydrogen-bond acceptors (Lipinski definition) is 1. The highest BCUT2D eigenvalue weighted by atomic mass is 79.9. The Morgan fingerprint density at radius 3 is 2.53 bits per heavy atom. The summed E-state index contributed by atoms with van der Waals surface area (Å²) in [7, 11) is 0. The van der Waals surface area contributed by atoms with E-state index in [2.05, 4.69) is 36.8 Å². The van der Waals surface area contributed by atoms with Crippen LogP contribution in [-0.2, 0) is 0 Å². The van der Waals surface area contributed by atoms with Crippen LogP contribution in [0.3, 0.4) is 0 Å². The summed E-state index contributed by atoms with van der Waals surface area (Å²) in [5.74, 6) is -0.317. The molecule has 0 unspecified atom stereocenters. The minimum Gasteiger partial charge on any atom is -0.330 e. The quantitative estimate of drug-likeness (QED) is 0.545. The van der Waals surface area contributed by atoms with E-state index in [1.54, 1.807) is 16.7 Å². The van der Waals surface area contributed by atoms with Crippen LogP contribution in [0.15, 0.2) is 45.3 Å². The number of nitrogens with zero attached hydrogens (tertiary/aromatic N) is 1. The van der Waals surface area contributed by atoms with Crippen LogP contribution in [0.1, 0.15) is 0 Å². The highest BCUT2D eigenvalue weighted by Gasteiger charge is 2.11. The molecule has 2 nitrogen and oxygen atoms in total. The highest BCUT2D eigenvalue weighted by molar-refractivity contribution is 9.10. The minimum atomic E-state index is -0.317. The molecule has 0 saturated carbocycles. The molecule has 0 aliphatic carbocycles. The second kappa shape index (κ2) is 4.85. The lowest BCUT2D eigenvalue weighted by molar-refractivity contribution is 0.618. The molecule has 6 heteroatoms. The first kappa shape index (κ1) is 13.0. The Labute approximate surface area is 130 Å². The highest BCUT2D eigenvalue weighted by Crippen LogP contribution is 2.26. The number of hydrogen-bond donors (Lipinski definition) is 1. The van der Waals surface area contributed by atoms with Gasteiger partial charge in [0.15, 0.2) is 4.77 Å². The van der Waals surface area contributed by atoms with Crippen LogP contribution >= 0.6 is 44.1 Å². The molecule has 3 aromatic rings. The first-order valence-corrected chi connectivity index (χ1v) is 7.41. The van der Waals surface area contributed by atoms with E-state index in [1.165, 1.54) is 6.07 Å². The predicted molar refractivity (Wildman–Crippen MR) is 83.8 cm³/mol. The van der Waals surface area contributed by atoms with Gasteiger partial charge in [0.1, 0.15) is 5.82 Å². The number of H-pyrrole nitrogens is 1. The first-order valence-electron chi connectivity index (χ1n) is 5.42. The van der Waals surface area contributed by atoms with Gasteiger partial charge in [-0.05, 0) is 48.6 Å². The van der Waals surface area contributed by atoms with Crippen LogP contribution in [0, 0.1) is 10.6 Å². The van der Waals surface area contributed by atoms with Crippen molar-refractivity contribution in [2.75, 3.05) is 0 Å². The van der Waals surface area contributed by atoms with Crippen LogP contribution in [-0.4, -0.2) is 9.55 Å². The maximum absolute atomic E-state index is 14.0. The number of aromatic nitrogens is 2. The molecular formula is C13H7Br2FN2S. The molecule has 0 atom stereocenters. The average molecular weight is 402 g/mol. The summed E-state index contributed by atoms with van der Waals surface area (Å²) >= 11 is 12.0. The smallest absolute Gasteiger partial charge is 0.182 e. The van der Waals surface area contributed by atoms with Crippen molar-refractivity contribution in [1.82, 2.24) is 9.55 Å². The van der Waals surface area contributed by atoms with E-state index in [0.29, 0.717) is 10.5 Å². The second-order valence-electron chi connectivity index (χ2n) is 4.02. The van der Waals surface area contributed by atoms with Gasteiger partial charge in [-0.2, -0.15) is 0 Å². The van der Waals surface area contributed by atoms with Crippen LogP contribution < -0.4 is 0 Å². The maximum Gasteiger partial charge on any atom is 0.182 e. The number of nitrogens with one attached hydrogen (secondary N) is 1. The Balaban J connectivity index is 2.39. The van der Waals surface area contributed by atoms with Crippen molar-refractivity contribution in [1.29, 1.82) is 0 Å². The number of aromatic amines is 1. The van der Waals surface area contributed by atoms with E-state index in [9.17, 15) is 4.39 Å². The van der Waals surface area contributed by atoms with Gasteiger partial charge in [-0.15, -0.1) is 0 Å². The first-order chi connectivity index (χ1) is 9.06. The van der Waals surface area contributed by atoms with Crippen molar-refractivity contribution in [2.24, 2.45) is 0 Å². The van der Waals surface area contributed by atoms with E-state index in [-0.39, 0.29) is 5.82 Å². The van der Waals surface area contributed by atoms with Gasteiger partial charge in [-0.3, -0.25) is 4.57 Å². The monoisotopic (exact) mass is 400 g/mol. The van der Waals surface area contributed by atoms with Crippen LogP contribution in [0.5, 0.6) is 0 Å². The molecule has 1 heterocycles. The largest absolute Gasteiger partial charge is 0.330 e. The zero-order valence-corrected chi connectivity index (χ0v) is 13.4. The molecule has 3 rings (SSSR count). The third kappa shape index (κ3) is 2.28. The lowest BCUT2D eigenvalue weighted by atomic mass is 10.2. The van der Waals surface area contributed by atoms with Gasteiger partial charge in [0.05, 0.1) is 16.7 Å². The van der Waals surface area contributed by atoms with Gasteiger partial charge in [-0.25, -0.2) is 4.39 Å². The predicted octanol–water partition coefficient (Wildman–Crippen LogP) is 5.35. The Morgan fingerprint density at radius 2 is 1.74 bits per heavy atom. The third-order valence-electron chi connectivity index (χ3n) is 2.79. The fraction of sp³-hybridized carbons (Fsp3) is 0. The molecule has 0 saturated heterocycles. The fourth-order valence-electron chi connectivity index (χ4n) is 1.98. The van der Waals surface area contributed by atoms with Gasteiger partial charge in [0.2, 0.25) is 0 Å². The molecule has 0 bridgehead atoms. The molecule has 19 heavy (non-hydrogen) atoms. The Bertz CT molecular complexity index is 838. The van der Waals surface area contributed by atoms with E-state index in [4.69, 9.17) is 12.2 Å². The SMILES string of the molecule is Fc1ccc(Br)cc1-n1c(=S)[nH]c2cc(Br)ccc21. The lowest BCUT2D eigenvalue weighted by Gasteiger charge is -2.06. The summed E-state index contributed by atoms with van der Waals surface area (Å²) < 4.78 is 17.9. The molecule has 0 spiro atoms. The zero-order valence-electron chi connectivity index (χ0n) is 9.45. The third-order valence-corrected chi connectivity index (χ3v) is 4.06. The van der Waals surface area contributed by atoms with E-state index in [0.717, 1.165) is 20.0 Å². The van der Waals surface area contributed by atoms with Crippen molar-refractivity contribution < 1.29 is 4.39 Å². The average Bonchev–Trinajstić information content (AvgIpc) is 2.67. The zero-order chi connectivity index (χ0) is 13.6. The standard InChI is InChI=1S/C13H7Br2FN2S/c14-7-2-4-11-10(5-7)17-13(19)18(11)12-6-8(15)1-3-9(12)16/h1-6H,(H,17,19). The molecular weight excluding hydrogens is 395 g/mol. The van der Waals surface area contributed by atoms with E-state index < -0.39 is 0 Å². The normalized spacial score (nSPS) is 11.1. The van der Waals surface area contributed by atoms with Crippen molar-refractivity contribution in [3.05, 3.63) is 55.9 Å². The van der Waals surface area contributed by atoms with E-state index in [1.807, 2.05) is 18.2 Å². The minimum absolute atomic E-state index is 0.317. The summed E-state index contributed by atoms with van der Waals surface area (Å²) in [5, 5.41) is 0.